The summed E-state index contributed by atoms with van der Waals surface area (Å²) in [5.74, 6) is 1.25. The minimum atomic E-state index is 0.337. The smallest absolute Gasteiger partial charge is 0.222 e. The van der Waals surface area contributed by atoms with E-state index in [1.54, 1.807) is 0 Å². The van der Waals surface area contributed by atoms with E-state index < -0.39 is 0 Å². The monoisotopic (exact) mass is 268 g/mol. The van der Waals surface area contributed by atoms with Gasteiger partial charge in [0.2, 0.25) is 5.91 Å². The maximum absolute atomic E-state index is 11.9. The van der Waals surface area contributed by atoms with Crippen molar-refractivity contribution >= 4 is 5.91 Å². The molecule has 1 N–H and O–H groups in total. The molecule has 0 radical (unpaired) electrons. The molecule has 3 heteroatoms. The lowest BCUT2D eigenvalue weighted by Crippen LogP contribution is -2.30. The highest BCUT2D eigenvalue weighted by Gasteiger charge is 2.19. The Labute approximate surface area is 119 Å². The lowest BCUT2D eigenvalue weighted by molar-refractivity contribution is -0.130. The third-order valence-corrected chi connectivity index (χ3v) is 4.62. The summed E-state index contributed by atoms with van der Waals surface area (Å²) < 4.78 is 0. The molecule has 3 nitrogen and oxygen atoms in total. The number of unbranched alkanes of at least 4 members (excludes halogenated alkanes) is 1. The molecule has 0 heterocycles. The molecule has 0 unspecified atom stereocenters. The van der Waals surface area contributed by atoms with Crippen molar-refractivity contribution in [2.45, 2.75) is 71.3 Å². The van der Waals surface area contributed by atoms with E-state index in [4.69, 9.17) is 0 Å². The molecule has 1 rings (SSSR count). The van der Waals surface area contributed by atoms with Crippen molar-refractivity contribution in [1.29, 1.82) is 0 Å². The topological polar surface area (TPSA) is 32.3 Å². The third kappa shape index (κ3) is 5.94. The first-order chi connectivity index (χ1) is 9.21. The Balaban J connectivity index is 2.06. The number of nitrogens with zero attached hydrogens (tertiary/aromatic N) is 1. The molecule has 1 fully saturated rings. The Kier molecular flexibility index (Phi) is 8.11. The second-order valence-corrected chi connectivity index (χ2v) is 5.82. The van der Waals surface area contributed by atoms with E-state index in [9.17, 15) is 4.79 Å². The number of rotatable bonds is 8. The van der Waals surface area contributed by atoms with Gasteiger partial charge in [-0.15, -0.1) is 0 Å². The second kappa shape index (κ2) is 9.35. The minimum absolute atomic E-state index is 0.337. The molecule has 0 bridgehead atoms. The normalized spacial score (nSPS) is 23.3. The van der Waals surface area contributed by atoms with Gasteiger partial charge in [0.25, 0.3) is 0 Å². The minimum Gasteiger partial charge on any atom is -0.343 e. The van der Waals surface area contributed by atoms with E-state index in [0.29, 0.717) is 5.91 Å². The third-order valence-electron chi connectivity index (χ3n) is 4.62. The van der Waals surface area contributed by atoms with E-state index in [-0.39, 0.29) is 0 Å². The fourth-order valence-corrected chi connectivity index (χ4v) is 3.18. The largest absolute Gasteiger partial charge is 0.343 e. The van der Waals surface area contributed by atoms with E-state index in [1.165, 1.54) is 38.5 Å². The highest BCUT2D eigenvalue weighted by molar-refractivity contribution is 5.75. The van der Waals surface area contributed by atoms with Crippen molar-refractivity contribution in [2.75, 3.05) is 20.1 Å². The first-order valence-corrected chi connectivity index (χ1v) is 8.16. The van der Waals surface area contributed by atoms with Crippen LogP contribution in [0, 0.1) is 5.92 Å². The number of amides is 1. The van der Waals surface area contributed by atoms with Crippen LogP contribution in [0.25, 0.3) is 0 Å². The summed E-state index contributed by atoms with van der Waals surface area (Å²) in [5, 5.41) is 3.38. The molecule has 0 aliphatic heterocycles. The highest BCUT2D eigenvalue weighted by atomic mass is 16.2. The fourth-order valence-electron chi connectivity index (χ4n) is 3.18. The van der Waals surface area contributed by atoms with Crippen LogP contribution in [0.5, 0.6) is 0 Å². The van der Waals surface area contributed by atoms with Crippen LogP contribution in [0.1, 0.15) is 65.2 Å². The summed E-state index contributed by atoms with van der Waals surface area (Å²) in [5.41, 5.74) is 0. The molecule has 1 aliphatic rings. The van der Waals surface area contributed by atoms with Crippen molar-refractivity contribution in [3.05, 3.63) is 0 Å². The Morgan fingerprint density at radius 1 is 1.11 bits per heavy atom. The lowest BCUT2D eigenvalue weighted by atomic mass is 9.83. The Hall–Kier alpha value is -0.570. The van der Waals surface area contributed by atoms with Crippen LogP contribution in [-0.2, 0) is 4.79 Å². The quantitative estimate of drug-likeness (QED) is 0.686. The maximum Gasteiger partial charge on any atom is 0.222 e. The van der Waals surface area contributed by atoms with Crippen molar-refractivity contribution in [1.82, 2.24) is 10.2 Å². The molecule has 0 aromatic carbocycles. The molecule has 0 spiro atoms. The summed E-state index contributed by atoms with van der Waals surface area (Å²) in [7, 11) is 2.07. The number of hydrogen-bond acceptors (Lipinski definition) is 2. The van der Waals surface area contributed by atoms with E-state index >= 15 is 0 Å². The summed E-state index contributed by atoms with van der Waals surface area (Å²) in [6.45, 7) is 5.82. The second-order valence-electron chi connectivity index (χ2n) is 5.82. The number of carbonyl (C=O) groups is 1. The molecular weight excluding hydrogens is 236 g/mol. The molecule has 1 saturated carbocycles. The molecule has 1 amide bonds. The van der Waals surface area contributed by atoms with Crippen molar-refractivity contribution in [2.24, 2.45) is 5.92 Å². The number of hydrogen-bond donors (Lipinski definition) is 1. The van der Waals surface area contributed by atoms with Gasteiger partial charge in [-0.1, -0.05) is 12.8 Å². The van der Waals surface area contributed by atoms with Crippen molar-refractivity contribution in [3.8, 4) is 0 Å². The zero-order valence-corrected chi connectivity index (χ0v) is 13.1. The van der Waals surface area contributed by atoms with Crippen LogP contribution in [0.3, 0.4) is 0 Å². The maximum atomic E-state index is 11.9. The molecule has 0 aromatic heterocycles. The van der Waals surface area contributed by atoms with Crippen molar-refractivity contribution < 1.29 is 4.79 Å². The number of nitrogens with one attached hydrogen (secondary N) is 1. The Bertz CT molecular complexity index is 243. The van der Waals surface area contributed by atoms with Crippen molar-refractivity contribution in [3.63, 3.8) is 0 Å². The molecule has 112 valence electrons. The van der Waals surface area contributed by atoms with E-state index in [0.717, 1.165) is 37.9 Å². The SMILES string of the molecule is CCN(CC)C(=O)CCCCC1CCC(NC)CC1. The number of carbonyl (C=O) groups excluding carboxylic acids is 1. The summed E-state index contributed by atoms with van der Waals surface area (Å²) >= 11 is 0. The van der Waals surface area contributed by atoms with Crippen LogP contribution in [0.4, 0.5) is 0 Å². The average Bonchev–Trinajstić information content (AvgIpc) is 2.45. The Morgan fingerprint density at radius 3 is 2.26 bits per heavy atom. The van der Waals surface area contributed by atoms with Crippen LogP contribution >= 0.6 is 0 Å². The van der Waals surface area contributed by atoms with Gasteiger partial charge in [-0.25, -0.2) is 0 Å². The van der Waals surface area contributed by atoms with Crippen LogP contribution in [-0.4, -0.2) is 37.0 Å². The van der Waals surface area contributed by atoms with Gasteiger partial charge in [0.05, 0.1) is 0 Å². The zero-order chi connectivity index (χ0) is 14.1. The first kappa shape index (κ1) is 16.5. The van der Waals surface area contributed by atoms with Gasteiger partial charge in [0, 0.05) is 25.6 Å². The summed E-state index contributed by atoms with van der Waals surface area (Å²) in [6.07, 6.45) is 9.77. The first-order valence-electron chi connectivity index (χ1n) is 8.16. The van der Waals surface area contributed by atoms with Gasteiger partial charge in [-0.05, 0) is 58.9 Å². The molecule has 1 aliphatic carbocycles. The molecule has 0 aromatic rings. The van der Waals surface area contributed by atoms with Crippen LogP contribution in [0.15, 0.2) is 0 Å². The average molecular weight is 268 g/mol. The lowest BCUT2D eigenvalue weighted by Gasteiger charge is -2.28. The predicted octanol–water partition coefficient (Wildman–Crippen LogP) is 3.19. The standard InChI is InChI=1S/C16H32N2O/c1-4-18(5-2)16(19)9-7-6-8-14-10-12-15(17-3)13-11-14/h14-15,17H,4-13H2,1-3H3. The van der Waals surface area contributed by atoms with Crippen LogP contribution in [0.2, 0.25) is 0 Å². The highest BCUT2D eigenvalue weighted by Crippen LogP contribution is 2.28. The Morgan fingerprint density at radius 2 is 1.74 bits per heavy atom. The molecular formula is C16H32N2O. The van der Waals surface area contributed by atoms with Gasteiger partial charge in [0.15, 0.2) is 0 Å². The summed E-state index contributed by atoms with van der Waals surface area (Å²) in [6, 6.07) is 0.750. The van der Waals surface area contributed by atoms with E-state index in [1.807, 2.05) is 4.90 Å². The summed E-state index contributed by atoms with van der Waals surface area (Å²) in [4.78, 5) is 13.8. The molecule has 0 saturated heterocycles. The van der Waals surface area contributed by atoms with Gasteiger partial charge >= 0.3 is 0 Å². The predicted molar refractivity (Wildman–Crippen MR) is 81.2 cm³/mol. The van der Waals surface area contributed by atoms with Gasteiger partial charge in [-0.2, -0.15) is 0 Å². The van der Waals surface area contributed by atoms with Crippen LogP contribution < -0.4 is 5.32 Å². The fraction of sp³-hybridized carbons (Fsp3) is 0.938. The van der Waals surface area contributed by atoms with Gasteiger partial charge in [-0.3, -0.25) is 4.79 Å². The van der Waals surface area contributed by atoms with E-state index in [2.05, 4.69) is 26.2 Å². The van der Waals surface area contributed by atoms with Gasteiger partial charge < -0.3 is 10.2 Å². The zero-order valence-electron chi connectivity index (χ0n) is 13.1. The molecule has 19 heavy (non-hydrogen) atoms. The molecule has 0 atom stereocenters. The van der Waals surface area contributed by atoms with Gasteiger partial charge in [0.1, 0.15) is 0 Å².